The molecule has 0 spiro atoms. The molecule has 0 aliphatic heterocycles. The van der Waals surface area contributed by atoms with Gasteiger partial charge in [-0.15, -0.1) is 0 Å². The molecule has 0 fully saturated rings. The highest BCUT2D eigenvalue weighted by Crippen LogP contribution is 2.19. The monoisotopic (exact) mass is 257 g/mol. The summed E-state index contributed by atoms with van der Waals surface area (Å²) in [4.78, 5) is 19.1. The van der Waals surface area contributed by atoms with Crippen LogP contribution in [-0.2, 0) is 0 Å². The van der Waals surface area contributed by atoms with Gasteiger partial charge in [0.05, 0.1) is 0 Å². The number of carboxylic acids is 1. The number of nitrogens with one attached hydrogen (secondary N) is 1. The van der Waals surface area contributed by atoms with E-state index in [1.165, 1.54) is 11.6 Å². The molecule has 0 saturated heterocycles. The van der Waals surface area contributed by atoms with Gasteiger partial charge in [0.15, 0.2) is 5.69 Å². The molecule has 1 aromatic heterocycles. The summed E-state index contributed by atoms with van der Waals surface area (Å²) in [6.07, 6.45) is 0. The molecule has 1 heterocycles. The summed E-state index contributed by atoms with van der Waals surface area (Å²) in [5.74, 6) is -0.765. The molecule has 19 heavy (non-hydrogen) atoms. The van der Waals surface area contributed by atoms with Crippen molar-refractivity contribution in [1.82, 2.24) is 9.97 Å². The van der Waals surface area contributed by atoms with Gasteiger partial charge < -0.3 is 10.4 Å². The molecule has 0 unspecified atom stereocenters. The topological polar surface area (TPSA) is 75.1 Å². The Morgan fingerprint density at radius 2 is 1.89 bits per heavy atom. The van der Waals surface area contributed by atoms with Gasteiger partial charge in [0.2, 0.25) is 5.95 Å². The predicted octanol–water partition coefficient (Wildman–Crippen LogP) is 2.84. The fourth-order valence-corrected chi connectivity index (χ4v) is 1.81. The van der Waals surface area contributed by atoms with Crippen molar-refractivity contribution in [3.63, 3.8) is 0 Å². The fourth-order valence-electron chi connectivity index (χ4n) is 1.81. The number of hydrogen-bond acceptors (Lipinski definition) is 4. The van der Waals surface area contributed by atoms with Gasteiger partial charge in [-0.05, 0) is 38.5 Å². The summed E-state index contributed by atoms with van der Waals surface area (Å²) in [7, 11) is 0. The normalized spacial score (nSPS) is 10.3. The van der Waals surface area contributed by atoms with Crippen LogP contribution < -0.4 is 5.32 Å². The van der Waals surface area contributed by atoms with E-state index in [9.17, 15) is 4.79 Å². The molecule has 2 rings (SSSR count). The number of rotatable bonds is 3. The first kappa shape index (κ1) is 13.0. The zero-order chi connectivity index (χ0) is 14.0. The standard InChI is InChI=1S/C14H15N3O2/c1-8-4-5-11(9(2)6-8)16-14-15-10(3)7-12(17-14)13(18)19/h4-7H,1-3H3,(H,18,19)(H,15,16,17). The van der Waals surface area contributed by atoms with Crippen molar-refractivity contribution in [2.24, 2.45) is 0 Å². The zero-order valence-corrected chi connectivity index (χ0v) is 11.1. The molecule has 0 aliphatic carbocycles. The first-order valence-corrected chi connectivity index (χ1v) is 5.89. The van der Waals surface area contributed by atoms with Crippen LogP contribution in [0.1, 0.15) is 27.3 Å². The van der Waals surface area contributed by atoms with Crippen LogP contribution in [0, 0.1) is 20.8 Å². The van der Waals surface area contributed by atoms with E-state index in [2.05, 4.69) is 15.3 Å². The van der Waals surface area contributed by atoms with Crippen molar-refractivity contribution >= 4 is 17.6 Å². The van der Waals surface area contributed by atoms with Crippen LogP contribution in [-0.4, -0.2) is 21.0 Å². The molecule has 2 aromatic rings. The number of benzene rings is 1. The molecule has 2 N–H and O–H groups in total. The minimum Gasteiger partial charge on any atom is -0.477 e. The summed E-state index contributed by atoms with van der Waals surface area (Å²) in [6, 6.07) is 7.38. The van der Waals surface area contributed by atoms with E-state index in [1.54, 1.807) is 6.92 Å². The molecule has 0 amide bonds. The third-order valence-corrected chi connectivity index (χ3v) is 2.70. The number of carbonyl (C=O) groups is 1. The number of anilines is 2. The van der Waals surface area contributed by atoms with Crippen LogP contribution in [0.25, 0.3) is 0 Å². The first-order chi connectivity index (χ1) is 8.95. The van der Waals surface area contributed by atoms with Crippen LogP contribution >= 0.6 is 0 Å². The minimum atomic E-state index is -1.06. The van der Waals surface area contributed by atoms with Crippen molar-refractivity contribution in [2.45, 2.75) is 20.8 Å². The van der Waals surface area contributed by atoms with E-state index in [0.717, 1.165) is 11.3 Å². The number of nitrogens with zero attached hydrogens (tertiary/aromatic N) is 2. The maximum atomic E-state index is 11.0. The van der Waals surface area contributed by atoms with Gasteiger partial charge in [0.25, 0.3) is 0 Å². The lowest BCUT2D eigenvalue weighted by Gasteiger charge is -2.09. The molecule has 0 atom stereocenters. The van der Waals surface area contributed by atoms with Crippen LogP contribution in [0.5, 0.6) is 0 Å². The summed E-state index contributed by atoms with van der Waals surface area (Å²) >= 11 is 0. The molecule has 5 heteroatoms. The molecule has 0 aliphatic rings. The van der Waals surface area contributed by atoms with Gasteiger partial charge in [-0.2, -0.15) is 0 Å². The van der Waals surface area contributed by atoms with Gasteiger partial charge in [-0.25, -0.2) is 14.8 Å². The van der Waals surface area contributed by atoms with E-state index in [0.29, 0.717) is 11.6 Å². The Bertz CT molecular complexity index is 639. The molecule has 98 valence electrons. The number of aryl methyl sites for hydroxylation is 3. The van der Waals surface area contributed by atoms with Gasteiger partial charge in [0, 0.05) is 11.4 Å². The maximum Gasteiger partial charge on any atom is 0.354 e. The molecule has 0 radical (unpaired) electrons. The van der Waals surface area contributed by atoms with E-state index >= 15 is 0 Å². The number of aromatic carboxylic acids is 1. The zero-order valence-electron chi connectivity index (χ0n) is 11.1. The number of hydrogen-bond donors (Lipinski definition) is 2. The van der Waals surface area contributed by atoms with Crippen LogP contribution in [0.4, 0.5) is 11.6 Å². The Balaban J connectivity index is 2.35. The average Bonchev–Trinajstić information content (AvgIpc) is 2.32. The van der Waals surface area contributed by atoms with Gasteiger partial charge in [-0.3, -0.25) is 0 Å². The third-order valence-electron chi connectivity index (χ3n) is 2.70. The van der Waals surface area contributed by atoms with E-state index in [4.69, 9.17) is 5.11 Å². The predicted molar refractivity (Wildman–Crippen MR) is 72.9 cm³/mol. The van der Waals surface area contributed by atoms with Gasteiger partial charge >= 0.3 is 5.97 Å². The van der Waals surface area contributed by atoms with E-state index < -0.39 is 5.97 Å². The Hall–Kier alpha value is -2.43. The van der Waals surface area contributed by atoms with Crippen molar-refractivity contribution in [3.05, 3.63) is 46.8 Å². The lowest BCUT2D eigenvalue weighted by atomic mass is 10.1. The summed E-state index contributed by atoms with van der Waals surface area (Å²) in [6.45, 7) is 5.73. The second kappa shape index (κ2) is 5.06. The molecule has 5 nitrogen and oxygen atoms in total. The quantitative estimate of drug-likeness (QED) is 0.884. The van der Waals surface area contributed by atoms with Crippen LogP contribution in [0.2, 0.25) is 0 Å². The summed E-state index contributed by atoms with van der Waals surface area (Å²) in [5, 5.41) is 12.0. The third kappa shape index (κ3) is 3.07. The number of aromatic nitrogens is 2. The maximum absolute atomic E-state index is 11.0. The van der Waals surface area contributed by atoms with Crippen LogP contribution in [0.3, 0.4) is 0 Å². The highest BCUT2D eigenvalue weighted by molar-refractivity contribution is 5.85. The molecular weight excluding hydrogens is 242 g/mol. The SMILES string of the molecule is Cc1ccc(Nc2nc(C)cc(C(=O)O)n2)c(C)c1. The van der Waals surface area contributed by atoms with Crippen molar-refractivity contribution in [2.75, 3.05) is 5.32 Å². The van der Waals surface area contributed by atoms with E-state index in [1.807, 2.05) is 32.0 Å². The van der Waals surface area contributed by atoms with Crippen molar-refractivity contribution in [1.29, 1.82) is 0 Å². The Morgan fingerprint density at radius 3 is 2.53 bits per heavy atom. The lowest BCUT2D eigenvalue weighted by Crippen LogP contribution is -2.07. The Morgan fingerprint density at radius 1 is 1.16 bits per heavy atom. The van der Waals surface area contributed by atoms with Gasteiger partial charge in [-0.1, -0.05) is 17.7 Å². The Kier molecular flexibility index (Phi) is 3.46. The second-order valence-corrected chi connectivity index (χ2v) is 4.47. The fraction of sp³-hybridized carbons (Fsp3) is 0.214. The van der Waals surface area contributed by atoms with E-state index in [-0.39, 0.29) is 5.69 Å². The number of carboxylic acid groups (broad SMARTS) is 1. The lowest BCUT2D eigenvalue weighted by molar-refractivity contribution is 0.0690. The highest BCUT2D eigenvalue weighted by atomic mass is 16.4. The first-order valence-electron chi connectivity index (χ1n) is 5.89. The minimum absolute atomic E-state index is 0.0141. The summed E-state index contributed by atoms with van der Waals surface area (Å²) in [5.41, 5.74) is 3.69. The highest BCUT2D eigenvalue weighted by Gasteiger charge is 2.09. The average molecular weight is 257 g/mol. The van der Waals surface area contributed by atoms with Gasteiger partial charge in [0.1, 0.15) is 0 Å². The molecular formula is C14H15N3O2. The van der Waals surface area contributed by atoms with Crippen LogP contribution in [0.15, 0.2) is 24.3 Å². The largest absolute Gasteiger partial charge is 0.477 e. The Labute approximate surface area is 111 Å². The molecule has 0 saturated carbocycles. The molecule has 1 aromatic carbocycles. The van der Waals surface area contributed by atoms with Crippen molar-refractivity contribution < 1.29 is 9.90 Å². The second-order valence-electron chi connectivity index (χ2n) is 4.47. The smallest absolute Gasteiger partial charge is 0.354 e. The van der Waals surface area contributed by atoms with Crippen molar-refractivity contribution in [3.8, 4) is 0 Å². The molecule has 0 bridgehead atoms. The summed E-state index contributed by atoms with van der Waals surface area (Å²) < 4.78 is 0.